The number of para-hydroxylation sites is 2. The van der Waals surface area contributed by atoms with Gasteiger partial charge in [-0.15, -0.1) is 0 Å². The van der Waals surface area contributed by atoms with Crippen LogP contribution in [0.25, 0.3) is 0 Å². The second-order valence-electron chi connectivity index (χ2n) is 7.05. The lowest BCUT2D eigenvalue weighted by molar-refractivity contribution is -0.128. The molecular formula is C21H26N2O4S. The number of amides is 1. The normalized spacial score (nSPS) is 17.4. The van der Waals surface area contributed by atoms with E-state index in [0.717, 1.165) is 12.8 Å². The van der Waals surface area contributed by atoms with Crippen LogP contribution in [0.1, 0.15) is 32.3 Å². The molecule has 28 heavy (non-hydrogen) atoms. The highest BCUT2D eigenvalue weighted by molar-refractivity contribution is 7.92. The minimum absolute atomic E-state index is 0.00708. The smallest absolute Gasteiger partial charge is 0.263 e. The molecule has 0 saturated carbocycles. The third-order valence-corrected chi connectivity index (χ3v) is 6.38. The van der Waals surface area contributed by atoms with Gasteiger partial charge in [0.2, 0.25) is 10.0 Å². The molecule has 0 bridgehead atoms. The highest BCUT2D eigenvalue weighted by atomic mass is 32.2. The van der Waals surface area contributed by atoms with Gasteiger partial charge in [-0.25, -0.2) is 8.42 Å². The van der Waals surface area contributed by atoms with Crippen LogP contribution < -0.4 is 14.4 Å². The predicted molar refractivity (Wildman–Crippen MR) is 110 cm³/mol. The zero-order valence-electron chi connectivity index (χ0n) is 16.2. The largest absolute Gasteiger partial charge is 0.476 e. The zero-order valence-corrected chi connectivity index (χ0v) is 17.0. The maximum Gasteiger partial charge on any atom is 0.263 e. The molecule has 1 heterocycles. The summed E-state index contributed by atoms with van der Waals surface area (Å²) in [6.07, 6.45) is 0.915. The highest BCUT2D eigenvalue weighted by Crippen LogP contribution is 2.35. The van der Waals surface area contributed by atoms with E-state index in [9.17, 15) is 13.2 Å². The number of hydrogen-bond donors (Lipinski definition) is 1. The van der Waals surface area contributed by atoms with Gasteiger partial charge >= 0.3 is 0 Å². The summed E-state index contributed by atoms with van der Waals surface area (Å²) in [5, 5.41) is 2.92. The number of carbonyl (C=O) groups is 1. The molecule has 7 heteroatoms. The molecule has 1 N–H and O–H groups in total. The summed E-state index contributed by atoms with van der Waals surface area (Å²) in [5.41, 5.74) is 1.16. The van der Waals surface area contributed by atoms with Gasteiger partial charge in [0.05, 0.1) is 18.0 Å². The van der Waals surface area contributed by atoms with Gasteiger partial charge in [-0.1, -0.05) is 55.8 Å². The average Bonchev–Trinajstić information content (AvgIpc) is 2.67. The summed E-state index contributed by atoms with van der Waals surface area (Å²) < 4.78 is 33.4. The highest BCUT2D eigenvalue weighted by Gasteiger charge is 2.36. The molecule has 1 aliphatic rings. The van der Waals surface area contributed by atoms with Crippen molar-refractivity contribution >= 4 is 21.6 Å². The van der Waals surface area contributed by atoms with E-state index in [1.807, 2.05) is 32.0 Å². The van der Waals surface area contributed by atoms with Gasteiger partial charge < -0.3 is 10.1 Å². The first-order valence-corrected chi connectivity index (χ1v) is 11.1. The Morgan fingerprint density at radius 1 is 1.18 bits per heavy atom. The van der Waals surface area contributed by atoms with Gasteiger partial charge in [0, 0.05) is 6.04 Å². The van der Waals surface area contributed by atoms with Crippen molar-refractivity contribution in [2.45, 2.75) is 44.6 Å². The summed E-state index contributed by atoms with van der Waals surface area (Å²) in [5.74, 6) is -0.0352. The number of rotatable bonds is 7. The third kappa shape index (κ3) is 4.65. The fourth-order valence-electron chi connectivity index (χ4n) is 3.31. The van der Waals surface area contributed by atoms with Crippen molar-refractivity contribution in [2.24, 2.45) is 0 Å². The first-order chi connectivity index (χ1) is 13.4. The number of anilines is 1. The number of carbonyl (C=O) groups excluding carboxylic acids is 1. The van der Waals surface area contributed by atoms with E-state index in [0.29, 0.717) is 17.0 Å². The van der Waals surface area contributed by atoms with E-state index in [4.69, 9.17) is 4.74 Å². The van der Waals surface area contributed by atoms with Crippen molar-refractivity contribution in [3.05, 3.63) is 60.2 Å². The molecule has 150 valence electrons. The number of benzene rings is 2. The maximum atomic E-state index is 13.1. The standard InChI is InChI=1S/C21H26N2O4S/c1-3-9-16(2)22-21(24)20-14-23(18-12-7-8-13-19(18)27-20)28(25,26)15-17-10-5-4-6-11-17/h4-8,10-13,16,20H,3,9,14-15H2,1-2H3,(H,22,24)/t16-,20+/m1/s1. The van der Waals surface area contributed by atoms with Gasteiger partial charge in [-0.3, -0.25) is 9.10 Å². The Labute approximate surface area is 166 Å². The fourth-order valence-corrected chi connectivity index (χ4v) is 4.89. The Morgan fingerprint density at radius 2 is 1.86 bits per heavy atom. The summed E-state index contributed by atoms with van der Waals surface area (Å²) in [6, 6.07) is 15.9. The van der Waals surface area contributed by atoms with E-state index in [1.54, 1.807) is 36.4 Å². The van der Waals surface area contributed by atoms with Gasteiger partial charge in [0.1, 0.15) is 5.75 Å². The molecule has 6 nitrogen and oxygen atoms in total. The Hall–Kier alpha value is -2.54. The van der Waals surface area contributed by atoms with Crippen LogP contribution in [0.4, 0.5) is 5.69 Å². The van der Waals surface area contributed by atoms with Crippen molar-refractivity contribution < 1.29 is 17.9 Å². The molecule has 2 aromatic rings. The van der Waals surface area contributed by atoms with E-state index in [2.05, 4.69) is 5.32 Å². The summed E-state index contributed by atoms with van der Waals surface area (Å²) in [4.78, 5) is 12.7. The van der Waals surface area contributed by atoms with Gasteiger partial charge in [-0.05, 0) is 31.0 Å². The molecule has 0 spiro atoms. The molecule has 0 fully saturated rings. The summed E-state index contributed by atoms with van der Waals surface area (Å²) >= 11 is 0. The van der Waals surface area contributed by atoms with Crippen LogP contribution in [0.3, 0.4) is 0 Å². The molecule has 1 aliphatic heterocycles. The lowest BCUT2D eigenvalue weighted by Gasteiger charge is -2.35. The minimum atomic E-state index is -3.68. The molecule has 1 amide bonds. The average molecular weight is 403 g/mol. The molecule has 0 radical (unpaired) electrons. The second kappa shape index (κ2) is 8.65. The Morgan fingerprint density at radius 3 is 2.57 bits per heavy atom. The number of fused-ring (bicyclic) bond motifs is 1. The molecule has 0 aromatic heterocycles. The summed E-state index contributed by atoms with van der Waals surface area (Å²) in [7, 11) is -3.68. The minimum Gasteiger partial charge on any atom is -0.476 e. The number of sulfonamides is 1. The third-order valence-electron chi connectivity index (χ3n) is 4.67. The number of nitrogens with one attached hydrogen (secondary N) is 1. The monoisotopic (exact) mass is 402 g/mol. The van der Waals surface area contributed by atoms with Crippen molar-refractivity contribution in [1.82, 2.24) is 5.32 Å². The first-order valence-electron chi connectivity index (χ1n) is 9.51. The van der Waals surface area contributed by atoms with Gasteiger partial charge in [0.25, 0.3) is 5.91 Å². The van der Waals surface area contributed by atoms with Crippen molar-refractivity contribution in [1.29, 1.82) is 0 Å². The van der Waals surface area contributed by atoms with E-state index >= 15 is 0 Å². The zero-order chi connectivity index (χ0) is 20.1. The van der Waals surface area contributed by atoms with Crippen LogP contribution in [0.5, 0.6) is 5.75 Å². The van der Waals surface area contributed by atoms with E-state index in [1.165, 1.54) is 4.31 Å². The SMILES string of the molecule is CCC[C@@H](C)NC(=O)[C@@H]1CN(S(=O)(=O)Cc2ccccc2)c2ccccc2O1. The molecule has 3 rings (SSSR count). The predicted octanol–water partition coefficient (Wildman–Crippen LogP) is 3.09. The molecule has 0 aliphatic carbocycles. The number of nitrogens with zero attached hydrogens (tertiary/aromatic N) is 1. The lowest BCUT2D eigenvalue weighted by Crippen LogP contribution is -2.52. The quantitative estimate of drug-likeness (QED) is 0.772. The van der Waals surface area contributed by atoms with Crippen molar-refractivity contribution in [3.8, 4) is 5.75 Å². The van der Waals surface area contributed by atoms with E-state index < -0.39 is 16.1 Å². The Balaban J connectivity index is 1.86. The Kier molecular flexibility index (Phi) is 6.24. The van der Waals surface area contributed by atoms with Crippen LogP contribution in [0.2, 0.25) is 0 Å². The van der Waals surface area contributed by atoms with Crippen LogP contribution in [-0.2, 0) is 20.6 Å². The van der Waals surface area contributed by atoms with Crippen molar-refractivity contribution in [3.63, 3.8) is 0 Å². The summed E-state index contributed by atoms with van der Waals surface area (Å²) in [6.45, 7) is 3.94. The van der Waals surface area contributed by atoms with E-state index in [-0.39, 0.29) is 24.2 Å². The van der Waals surface area contributed by atoms with Gasteiger partial charge in [0.15, 0.2) is 6.10 Å². The van der Waals surface area contributed by atoms with Gasteiger partial charge in [-0.2, -0.15) is 0 Å². The number of hydrogen-bond acceptors (Lipinski definition) is 4. The number of ether oxygens (including phenoxy) is 1. The second-order valence-corrected chi connectivity index (χ2v) is 8.94. The Bertz CT molecular complexity index is 915. The first kappa shape index (κ1) is 20.2. The van der Waals surface area contributed by atoms with Crippen LogP contribution in [0, 0.1) is 0 Å². The van der Waals surface area contributed by atoms with Crippen LogP contribution in [0.15, 0.2) is 54.6 Å². The molecular weight excluding hydrogens is 376 g/mol. The topological polar surface area (TPSA) is 75.7 Å². The van der Waals surface area contributed by atoms with Crippen LogP contribution >= 0.6 is 0 Å². The fraction of sp³-hybridized carbons (Fsp3) is 0.381. The van der Waals surface area contributed by atoms with Crippen LogP contribution in [-0.4, -0.2) is 33.0 Å². The molecule has 0 saturated heterocycles. The molecule has 2 aromatic carbocycles. The maximum absolute atomic E-state index is 13.1. The molecule has 2 atom stereocenters. The lowest BCUT2D eigenvalue weighted by atomic mass is 10.1. The molecule has 0 unspecified atom stereocenters. The van der Waals surface area contributed by atoms with Crippen molar-refractivity contribution in [2.75, 3.05) is 10.8 Å².